The number of aromatic nitrogens is 3. The van der Waals surface area contributed by atoms with Gasteiger partial charge in [0, 0.05) is 25.9 Å². The molecule has 2 amide bonds. The molecule has 1 aromatic heterocycles. The van der Waals surface area contributed by atoms with Gasteiger partial charge in [0.25, 0.3) is 20.2 Å². The molecule has 0 radical (unpaired) electrons. The molecule has 0 spiro atoms. The van der Waals surface area contributed by atoms with E-state index in [0.717, 1.165) is 121 Å². The van der Waals surface area contributed by atoms with Crippen LogP contribution in [0.2, 0.25) is 0 Å². The Kier molecular flexibility index (Phi) is 16.1. The van der Waals surface area contributed by atoms with E-state index in [1.54, 1.807) is 0 Å². The Morgan fingerprint density at radius 1 is 0.658 bits per heavy atom. The van der Waals surface area contributed by atoms with Crippen LogP contribution in [0, 0.1) is 92.7 Å². The highest BCUT2D eigenvalue weighted by atomic mass is 32.2. The first-order valence-corrected chi connectivity index (χ1v) is 31.9. The van der Waals surface area contributed by atoms with E-state index < -0.39 is 31.7 Å². The number of aliphatic hydroxyl groups excluding tert-OH is 2. The van der Waals surface area contributed by atoms with Crippen LogP contribution in [0.1, 0.15) is 182 Å². The standard InChI is InChI=1S/C55H91N5O11S2/c1-33(7-13-48(63)56-23-25-72(65,66)67)40-9-11-42-50-44(17-21-54(40,42)5)52(3)19-15-38(27-35(52)29-46(50)61)60-31-37(58-59-60)32-71-39-16-20-53(4)36(28-39)30-47(62)51-43-12-10-41(55(43,6)22-18-45(51)53)34(2)8-14-49(64)57-24-26-73(68,69)70/h31,33-36,38-47,50-51,61-62H,7-30,32H2,1-6H3,(H,56,63)(H,57,64)(H,65,66,67)(H,68,69,70)/t33-,34-,35?,36?,38-,39-,40-,41-,42+,43+,44+,45+,46+,47+,50+,51+,52+,53+,54-,55-/m1/s1. The monoisotopic (exact) mass is 1060 g/mol. The molecule has 8 aliphatic rings. The number of nitrogens with zero attached hydrogens (tertiary/aromatic N) is 3. The molecular formula is C55H91N5O11S2. The van der Waals surface area contributed by atoms with Crippen molar-refractivity contribution in [3.05, 3.63) is 11.9 Å². The van der Waals surface area contributed by atoms with Crippen LogP contribution in [-0.4, -0.2) is 106 Å². The summed E-state index contributed by atoms with van der Waals surface area (Å²) >= 11 is 0. The van der Waals surface area contributed by atoms with Gasteiger partial charge in [-0.3, -0.25) is 18.7 Å². The fourth-order valence-corrected chi connectivity index (χ4v) is 20.1. The number of carbonyl (C=O) groups excluding carboxylic acids is 2. The molecule has 0 aromatic carbocycles. The molecule has 0 saturated heterocycles. The van der Waals surface area contributed by atoms with Gasteiger partial charge in [0.1, 0.15) is 5.69 Å². The first-order valence-electron chi connectivity index (χ1n) is 28.6. The molecule has 9 rings (SSSR count). The first-order chi connectivity index (χ1) is 34.3. The van der Waals surface area contributed by atoms with Crippen molar-refractivity contribution in [2.45, 2.75) is 201 Å². The normalized spacial score (nSPS) is 43.0. The maximum atomic E-state index is 12.5. The molecule has 18 heteroatoms. The van der Waals surface area contributed by atoms with E-state index in [4.69, 9.17) is 19.1 Å². The lowest BCUT2D eigenvalue weighted by Gasteiger charge is -2.62. The second-order valence-electron chi connectivity index (χ2n) is 26.7. The highest BCUT2D eigenvalue weighted by molar-refractivity contribution is 7.86. The fourth-order valence-electron chi connectivity index (χ4n) is 19.4. The molecule has 20 atom stereocenters. The maximum absolute atomic E-state index is 12.5. The molecule has 1 heterocycles. The average Bonchev–Trinajstić information content (AvgIpc) is 4.04. The van der Waals surface area contributed by atoms with Gasteiger partial charge < -0.3 is 25.6 Å². The van der Waals surface area contributed by atoms with Crippen LogP contribution < -0.4 is 10.6 Å². The number of nitrogens with one attached hydrogen (secondary N) is 2. The molecule has 8 fully saturated rings. The second-order valence-corrected chi connectivity index (χ2v) is 29.8. The van der Waals surface area contributed by atoms with E-state index in [-0.39, 0.29) is 82.8 Å². The van der Waals surface area contributed by atoms with Crippen LogP contribution in [0.25, 0.3) is 0 Å². The SMILES string of the molecule is C[C@H](CCC(=O)NCCS(=O)(=O)O)[C@H]1CC[C@H]2[C@@H]3[C@@H](O)CC4C[C@H](OCc5cn([C@@H]6CC[C@@]7(C)C(C6)C[C@H](O)[C@H]6[C@@H]8CC[C@H]([C@H](C)CCC(=O)NCCS(=O)(=O)O)[C@@]8(C)CC[C@@H]67)nn5)CC[C@]4(C)[C@H]3CC[C@]12C. The molecule has 0 aliphatic heterocycles. The van der Waals surface area contributed by atoms with Gasteiger partial charge >= 0.3 is 0 Å². The van der Waals surface area contributed by atoms with Gasteiger partial charge in [-0.05, 0) is 208 Å². The summed E-state index contributed by atoms with van der Waals surface area (Å²) in [5.41, 5.74) is 1.42. The van der Waals surface area contributed by atoms with E-state index in [1.165, 1.54) is 0 Å². The zero-order valence-corrected chi connectivity index (χ0v) is 46.4. The van der Waals surface area contributed by atoms with Gasteiger partial charge in [0.05, 0.1) is 48.7 Å². The van der Waals surface area contributed by atoms with Gasteiger partial charge in [0.2, 0.25) is 11.8 Å². The van der Waals surface area contributed by atoms with E-state index >= 15 is 0 Å². The van der Waals surface area contributed by atoms with E-state index in [0.29, 0.717) is 78.6 Å². The summed E-state index contributed by atoms with van der Waals surface area (Å²) < 4.78 is 71.1. The highest BCUT2D eigenvalue weighted by Gasteiger charge is 2.65. The van der Waals surface area contributed by atoms with Crippen molar-refractivity contribution in [3.8, 4) is 0 Å². The number of ether oxygens (including phenoxy) is 1. The van der Waals surface area contributed by atoms with Crippen molar-refractivity contribution in [2.24, 2.45) is 92.7 Å². The smallest absolute Gasteiger partial charge is 0.266 e. The predicted molar refractivity (Wildman–Crippen MR) is 276 cm³/mol. The Labute approximate surface area is 436 Å². The summed E-state index contributed by atoms with van der Waals surface area (Å²) in [4.78, 5) is 25.1. The lowest BCUT2D eigenvalue weighted by molar-refractivity contribution is -0.179. The van der Waals surface area contributed by atoms with Gasteiger partial charge in [0.15, 0.2) is 0 Å². The van der Waals surface area contributed by atoms with E-state index in [2.05, 4.69) is 68.2 Å². The van der Waals surface area contributed by atoms with Crippen molar-refractivity contribution in [3.63, 3.8) is 0 Å². The summed E-state index contributed by atoms with van der Waals surface area (Å²) in [6.45, 7) is 14.7. The van der Waals surface area contributed by atoms with Crippen LogP contribution >= 0.6 is 0 Å². The van der Waals surface area contributed by atoms with Gasteiger partial charge in [-0.15, -0.1) is 5.10 Å². The minimum atomic E-state index is -4.11. The third-order valence-corrected chi connectivity index (χ3v) is 24.7. The molecule has 2 unspecified atom stereocenters. The Bertz CT molecular complexity index is 2370. The molecular weight excluding hydrogens is 971 g/mol. The number of hydrogen-bond donors (Lipinski definition) is 6. The minimum Gasteiger partial charge on any atom is -0.393 e. The number of aliphatic hydroxyl groups is 2. The molecule has 0 bridgehead atoms. The molecule has 1 aromatic rings. The summed E-state index contributed by atoms with van der Waals surface area (Å²) in [6.07, 6.45) is 20.5. The van der Waals surface area contributed by atoms with Gasteiger partial charge in [-0.25, -0.2) is 4.68 Å². The van der Waals surface area contributed by atoms with Crippen LogP contribution in [0.5, 0.6) is 0 Å². The minimum absolute atomic E-state index is 0.0856. The Morgan fingerprint density at radius 2 is 1.11 bits per heavy atom. The highest BCUT2D eigenvalue weighted by Crippen LogP contribution is 2.70. The number of rotatable bonds is 18. The summed E-state index contributed by atoms with van der Waals surface area (Å²) in [5.74, 6) is 3.57. The third kappa shape index (κ3) is 11.1. The number of fused-ring (bicyclic) bond motifs is 10. The van der Waals surface area contributed by atoms with Crippen molar-refractivity contribution in [2.75, 3.05) is 24.6 Å². The van der Waals surface area contributed by atoms with E-state index in [9.17, 15) is 36.6 Å². The predicted octanol–water partition coefficient (Wildman–Crippen LogP) is 7.80. The summed E-state index contributed by atoms with van der Waals surface area (Å²) in [6, 6.07) is 0.237. The molecule has 8 aliphatic carbocycles. The van der Waals surface area contributed by atoms with Crippen molar-refractivity contribution in [1.82, 2.24) is 25.6 Å². The molecule has 6 N–H and O–H groups in total. The van der Waals surface area contributed by atoms with Crippen LogP contribution in [0.15, 0.2) is 6.20 Å². The fraction of sp³-hybridized carbons (Fsp3) is 0.927. The molecule has 73 heavy (non-hydrogen) atoms. The molecule has 16 nitrogen and oxygen atoms in total. The average molecular weight is 1060 g/mol. The lowest BCUT2D eigenvalue weighted by atomic mass is 9.43. The van der Waals surface area contributed by atoms with Crippen molar-refractivity contribution < 1.29 is 50.5 Å². The molecule has 8 saturated carbocycles. The van der Waals surface area contributed by atoms with Crippen LogP contribution in [0.4, 0.5) is 0 Å². The third-order valence-electron chi connectivity index (χ3n) is 23.2. The zero-order chi connectivity index (χ0) is 52.5. The Balaban J connectivity index is 0.742. The number of carbonyl (C=O) groups is 2. The van der Waals surface area contributed by atoms with Crippen LogP contribution in [-0.2, 0) is 41.2 Å². The van der Waals surface area contributed by atoms with Crippen LogP contribution in [0.3, 0.4) is 0 Å². The maximum Gasteiger partial charge on any atom is 0.266 e. The largest absolute Gasteiger partial charge is 0.393 e. The zero-order valence-electron chi connectivity index (χ0n) is 44.8. The van der Waals surface area contributed by atoms with Gasteiger partial charge in [-0.2, -0.15) is 16.8 Å². The summed E-state index contributed by atoms with van der Waals surface area (Å²) in [5, 5.41) is 38.8. The van der Waals surface area contributed by atoms with Gasteiger partial charge in [-0.1, -0.05) is 46.8 Å². The summed E-state index contributed by atoms with van der Waals surface area (Å²) in [7, 11) is -8.23. The number of hydrogen-bond acceptors (Lipinski definition) is 11. The first kappa shape index (κ1) is 55.5. The molecule has 414 valence electrons. The second kappa shape index (κ2) is 21.2. The Hall–Kier alpha value is -2.22. The van der Waals surface area contributed by atoms with Crippen molar-refractivity contribution in [1.29, 1.82) is 0 Å². The topological polar surface area (TPSA) is 247 Å². The van der Waals surface area contributed by atoms with E-state index in [1.807, 2.05) is 0 Å². The van der Waals surface area contributed by atoms with Crippen molar-refractivity contribution >= 4 is 32.1 Å². The lowest BCUT2D eigenvalue weighted by Crippen LogP contribution is -2.58. The quantitative estimate of drug-likeness (QED) is 0.0769. The number of amides is 2. The Morgan fingerprint density at radius 3 is 1.60 bits per heavy atom.